The van der Waals surface area contributed by atoms with Crippen molar-refractivity contribution < 1.29 is 0 Å². The van der Waals surface area contributed by atoms with Crippen LogP contribution in [0.2, 0.25) is 0 Å². The van der Waals surface area contributed by atoms with Crippen LogP contribution in [0, 0.1) is 0 Å². The lowest BCUT2D eigenvalue weighted by Gasteiger charge is -2.17. The average molecular weight is 277 g/mol. The van der Waals surface area contributed by atoms with Crippen molar-refractivity contribution in [3.05, 3.63) is 18.1 Å². The van der Waals surface area contributed by atoms with Crippen molar-refractivity contribution in [2.45, 2.75) is 71.1 Å². The van der Waals surface area contributed by atoms with Crippen LogP contribution in [-0.2, 0) is 0 Å². The molecule has 3 nitrogen and oxygen atoms in total. The van der Waals surface area contributed by atoms with Gasteiger partial charge in [0, 0.05) is 20.0 Å². The molecule has 20 heavy (non-hydrogen) atoms. The fourth-order valence-electron chi connectivity index (χ4n) is 2.48. The molecule has 0 N–H and O–H groups in total. The number of hydrogen-bond acceptors (Lipinski definition) is 3. The molecule has 0 aliphatic heterocycles. The minimum absolute atomic E-state index is 0.593. The highest BCUT2D eigenvalue weighted by atomic mass is 15.1. The summed E-state index contributed by atoms with van der Waals surface area (Å²) in [5, 5.41) is 0. The van der Waals surface area contributed by atoms with Gasteiger partial charge in [-0.15, -0.1) is 0 Å². The minimum atomic E-state index is 0.593. The summed E-state index contributed by atoms with van der Waals surface area (Å²) in [5.41, 5.74) is 1.18. The predicted octanol–water partition coefficient (Wildman–Crippen LogP) is 4.79. The molecule has 0 fully saturated rings. The van der Waals surface area contributed by atoms with E-state index in [-0.39, 0.29) is 0 Å². The van der Waals surface area contributed by atoms with Crippen molar-refractivity contribution in [2.24, 2.45) is 0 Å². The third kappa shape index (κ3) is 5.89. The molecule has 1 atom stereocenters. The highest BCUT2D eigenvalue weighted by Crippen LogP contribution is 2.26. The maximum atomic E-state index is 4.65. The van der Waals surface area contributed by atoms with Crippen LogP contribution in [0.15, 0.2) is 12.4 Å². The van der Waals surface area contributed by atoms with E-state index in [1.807, 2.05) is 31.4 Å². The van der Waals surface area contributed by atoms with E-state index in [1.165, 1.54) is 57.1 Å². The number of rotatable bonds is 10. The number of anilines is 1. The number of aromatic nitrogens is 2. The fourth-order valence-corrected chi connectivity index (χ4v) is 2.48. The van der Waals surface area contributed by atoms with E-state index < -0.39 is 0 Å². The zero-order valence-corrected chi connectivity index (χ0v) is 13.7. The monoisotopic (exact) mass is 277 g/mol. The quantitative estimate of drug-likeness (QED) is 0.576. The Balaban J connectivity index is 2.60. The maximum Gasteiger partial charge on any atom is 0.146 e. The van der Waals surface area contributed by atoms with Gasteiger partial charge in [-0.3, -0.25) is 4.98 Å². The second-order valence-corrected chi connectivity index (χ2v) is 5.88. The lowest BCUT2D eigenvalue weighted by molar-refractivity contribution is 0.499. The fraction of sp³-hybridized carbons (Fsp3) is 0.765. The third-order valence-electron chi connectivity index (χ3n) is 3.85. The molecule has 0 amide bonds. The Hall–Kier alpha value is -1.12. The van der Waals surface area contributed by atoms with Crippen molar-refractivity contribution in [1.82, 2.24) is 9.97 Å². The van der Waals surface area contributed by atoms with Crippen molar-refractivity contribution >= 4 is 5.82 Å². The molecular weight excluding hydrogens is 246 g/mol. The van der Waals surface area contributed by atoms with Crippen LogP contribution in [0.3, 0.4) is 0 Å². The zero-order valence-electron chi connectivity index (χ0n) is 13.7. The molecule has 1 aromatic rings. The van der Waals surface area contributed by atoms with Crippen LogP contribution in [0.25, 0.3) is 0 Å². The molecule has 0 saturated heterocycles. The first kappa shape index (κ1) is 16.9. The zero-order chi connectivity index (χ0) is 14.8. The molecule has 0 radical (unpaired) electrons. The standard InChI is InChI=1S/C17H31N3/c1-5-7-9-10-12-15(11-8-6-2)16-13-19-17(14-18-16)20(3)4/h13-15H,5-12H2,1-4H3. The van der Waals surface area contributed by atoms with E-state index in [1.54, 1.807) is 0 Å². The second kappa shape index (κ2) is 9.73. The van der Waals surface area contributed by atoms with Gasteiger partial charge in [-0.25, -0.2) is 4.98 Å². The normalized spacial score (nSPS) is 12.4. The van der Waals surface area contributed by atoms with Crippen LogP contribution >= 0.6 is 0 Å². The Morgan fingerprint density at radius 2 is 1.60 bits per heavy atom. The lowest BCUT2D eigenvalue weighted by atomic mass is 9.92. The van der Waals surface area contributed by atoms with Gasteiger partial charge in [-0.2, -0.15) is 0 Å². The first-order valence-corrected chi connectivity index (χ1v) is 8.18. The third-order valence-corrected chi connectivity index (χ3v) is 3.85. The molecule has 0 aliphatic carbocycles. The Kier molecular flexibility index (Phi) is 8.24. The molecule has 1 heterocycles. The summed E-state index contributed by atoms with van der Waals surface area (Å²) in [7, 11) is 4.01. The van der Waals surface area contributed by atoms with Crippen molar-refractivity contribution in [2.75, 3.05) is 19.0 Å². The van der Waals surface area contributed by atoms with E-state index in [4.69, 9.17) is 0 Å². The summed E-state index contributed by atoms with van der Waals surface area (Å²) in [6.07, 6.45) is 14.3. The largest absolute Gasteiger partial charge is 0.361 e. The molecule has 1 rings (SSSR count). The molecule has 1 aromatic heterocycles. The van der Waals surface area contributed by atoms with Crippen LogP contribution in [0.1, 0.15) is 76.8 Å². The summed E-state index contributed by atoms with van der Waals surface area (Å²) in [4.78, 5) is 11.2. The van der Waals surface area contributed by atoms with Gasteiger partial charge < -0.3 is 4.90 Å². The molecule has 0 aliphatic rings. The Bertz CT molecular complexity index is 346. The SMILES string of the molecule is CCCCCCC(CCCC)c1cnc(N(C)C)cn1. The number of unbranched alkanes of at least 4 members (excludes halogenated alkanes) is 4. The van der Waals surface area contributed by atoms with E-state index in [2.05, 4.69) is 23.8 Å². The Morgan fingerprint density at radius 1 is 0.900 bits per heavy atom. The topological polar surface area (TPSA) is 29.0 Å². The van der Waals surface area contributed by atoms with E-state index in [0.717, 1.165) is 5.82 Å². The Morgan fingerprint density at radius 3 is 2.15 bits per heavy atom. The molecule has 114 valence electrons. The summed E-state index contributed by atoms with van der Waals surface area (Å²) in [5.74, 6) is 1.53. The Labute approximate surface area is 124 Å². The lowest BCUT2D eigenvalue weighted by Crippen LogP contribution is -2.12. The van der Waals surface area contributed by atoms with Gasteiger partial charge in [0.15, 0.2) is 0 Å². The first-order valence-electron chi connectivity index (χ1n) is 8.18. The van der Waals surface area contributed by atoms with Crippen LogP contribution < -0.4 is 4.90 Å². The van der Waals surface area contributed by atoms with E-state index >= 15 is 0 Å². The van der Waals surface area contributed by atoms with E-state index in [9.17, 15) is 0 Å². The van der Waals surface area contributed by atoms with Gasteiger partial charge in [0.25, 0.3) is 0 Å². The van der Waals surface area contributed by atoms with Gasteiger partial charge >= 0.3 is 0 Å². The molecule has 0 saturated carbocycles. The van der Waals surface area contributed by atoms with Gasteiger partial charge in [0.1, 0.15) is 5.82 Å². The molecule has 0 aromatic carbocycles. The highest BCUT2D eigenvalue weighted by Gasteiger charge is 2.13. The first-order chi connectivity index (χ1) is 9.69. The molecular formula is C17H31N3. The summed E-state index contributed by atoms with van der Waals surface area (Å²) in [6.45, 7) is 4.52. The maximum absolute atomic E-state index is 4.65. The summed E-state index contributed by atoms with van der Waals surface area (Å²) < 4.78 is 0. The van der Waals surface area contributed by atoms with Crippen molar-refractivity contribution in [3.63, 3.8) is 0 Å². The molecule has 0 spiro atoms. The summed E-state index contributed by atoms with van der Waals surface area (Å²) >= 11 is 0. The number of nitrogens with zero attached hydrogens (tertiary/aromatic N) is 3. The molecule has 1 unspecified atom stereocenters. The summed E-state index contributed by atoms with van der Waals surface area (Å²) in [6, 6.07) is 0. The van der Waals surface area contributed by atoms with Crippen LogP contribution in [0.4, 0.5) is 5.82 Å². The average Bonchev–Trinajstić information content (AvgIpc) is 2.47. The van der Waals surface area contributed by atoms with Crippen molar-refractivity contribution in [1.29, 1.82) is 0 Å². The molecule has 0 bridgehead atoms. The van der Waals surface area contributed by atoms with Gasteiger partial charge in [0.05, 0.1) is 18.1 Å². The molecule has 3 heteroatoms. The van der Waals surface area contributed by atoms with Gasteiger partial charge in [-0.1, -0.05) is 52.4 Å². The van der Waals surface area contributed by atoms with Gasteiger partial charge in [-0.05, 0) is 12.8 Å². The van der Waals surface area contributed by atoms with Crippen LogP contribution in [-0.4, -0.2) is 24.1 Å². The van der Waals surface area contributed by atoms with Crippen molar-refractivity contribution in [3.8, 4) is 0 Å². The van der Waals surface area contributed by atoms with E-state index in [0.29, 0.717) is 5.92 Å². The minimum Gasteiger partial charge on any atom is -0.361 e. The highest BCUT2D eigenvalue weighted by molar-refractivity contribution is 5.33. The van der Waals surface area contributed by atoms with Crippen LogP contribution in [0.5, 0.6) is 0 Å². The predicted molar refractivity (Wildman–Crippen MR) is 87.4 cm³/mol. The smallest absolute Gasteiger partial charge is 0.146 e. The van der Waals surface area contributed by atoms with Gasteiger partial charge in [0.2, 0.25) is 0 Å². The number of hydrogen-bond donors (Lipinski definition) is 0. The second-order valence-electron chi connectivity index (χ2n) is 5.88.